The third-order valence-corrected chi connectivity index (χ3v) is 8.17. The summed E-state index contributed by atoms with van der Waals surface area (Å²) < 4.78 is 26.8. The van der Waals surface area contributed by atoms with Gasteiger partial charge in [0, 0.05) is 55.9 Å². The molecule has 0 aliphatic carbocycles. The van der Waals surface area contributed by atoms with Gasteiger partial charge in [-0.25, -0.2) is 13.6 Å². The highest BCUT2D eigenvalue weighted by atomic mass is 19.1. The molecule has 2 aromatic rings. The van der Waals surface area contributed by atoms with Crippen molar-refractivity contribution in [3.63, 3.8) is 0 Å². The van der Waals surface area contributed by atoms with E-state index in [1.807, 2.05) is 0 Å². The molecule has 4 amide bonds. The van der Waals surface area contributed by atoms with E-state index >= 15 is 0 Å². The number of carbonyl (C=O) groups is 4. The van der Waals surface area contributed by atoms with Gasteiger partial charge in [-0.3, -0.25) is 19.3 Å². The van der Waals surface area contributed by atoms with Crippen LogP contribution in [-0.4, -0.2) is 77.4 Å². The number of amides is 4. The molecule has 3 fully saturated rings. The fraction of sp³-hybridized carbons (Fsp3) is 0.467. The summed E-state index contributed by atoms with van der Waals surface area (Å²) in [5.41, 5.74) is 0.796. The van der Waals surface area contributed by atoms with Crippen LogP contribution in [0.2, 0.25) is 0 Å². The first-order valence-electron chi connectivity index (χ1n) is 14.4. The zero-order valence-electron chi connectivity index (χ0n) is 23.3. The molecule has 10 nitrogen and oxygen atoms in total. The number of likely N-dealkylation sites (tertiary alicyclic amines) is 2. The third kappa shape index (κ3) is 7.22. The van der Waals surface area contributed by atoms with Crippen molar-refractivity contribution < 1.29 is 32.8 Å². The van der Waals surface area contributed by atoms with Gasteiger partial charge in [-0.05, 0) is 74.9 Å². The molecule has 42 heavy (non-hydrogen) atoms. The summed E-state index contributed by atoms with van der Waals surface area (Å²) in [5.74, 6) is -1.99. The Labute approximate surface area is 242 Å². The fourth-order valence-corrected chi connectivity index (χ4v) is 5.81. The van der Waals surface area contributed by atoms with Crippen molar-refractivity contribution in [2.45, 2.75) is 44.6 Å². The summed E-state index contributed by atoms with van der Waals surface area (Å²) >= 11 is 0. The Morgan fingerprint density at radius 1 is 0.714 bits per heavy atom. The fourth-order valence-electron chi connectivity index (χ4n) is 5.81. The van der Waals surface area contributed by atoms with Crippen LogP contribution in [0.1, 0.15) is 38.5 Å². The highest BCUT2D eigenvalue weighted by Crippen LogP contribution is 2.26. The molecule has 5 rings (SSSR count). The Morgan fingerprint density at radius 3 is 1.76 bits per heavy atom. The lowest BCUT2D eigenvalue weighted by atomic mass is 9.95. The maximum absolute atomic E-state index is 13.4. The molecule has 2 N–H and O–H groups in total. The van der Waals surface area contributed by atoms with E-state index < -0.39 is 23.8 Å². The molecule has 0 aromatic heterocycles. The average Bonchev–Trinajstić information content (AvgIpc) is 3.48. The number of halogens is 2. The van der Waals surface area contributed by atoms with Crippen LogP contribution >= 0.6 is 0 Å². The van der Waals surface area contributed by atoms with Crippen LogP contribution in [0.5, 0.6) is 0 Å². The predicted molar refractivity (Wildman–Crippen MR) is 150 cm³/mol. The lowest BCUT2D eigenvalue weighted by Crippen LogP contribution is -2.52. The first-order chi connectivity index (χ1) is 20.3. The number of rotatable bonds is 6. The van der Waals surface area contributed by atoms with E-state index in [0.717, 1.165) is 0 Å². The van der Waals surface area contributed by atoms with E-state index in [4.69, 9.17) is 4.84 Å². The quantitative estimate of drug-likeness (QED) is 0.532. The summed E-state index contributed by atoms with van der Waals surface area (Å²) in [7, 11) is 0. The zero-order valence-corrected chi connectivity index (χ0v) is 23.3. The molecule has 224 valence electrons. The van der Waals surface area contributed by atoms with Crippen LogP contribution in [-0.2, 0) is 19.2 Å². The molecule has 3 aliphatic rings. The maximum Gasteiger partial charge on any atom is 0.429 e. The van der Waals surface area contributed by atoms with Crippen LogP contribution in [0.15, 0.2) is 48.5 Å². The second kappa shape index (κ2) is 13.3. The third-order valence-electron chi connectivity index (χ3n) is 8.17. The van der Waals surface area contributed by atoms with E-state index in [0.29, 0.717) is 82.6 Å². The van der Waals surface area contributed by atoms with Crippen molar-refractivity contribution in [3.05, 3.63) is 60.2 Å². The topological polar surface area (TPSA) is 111 Å². The number of hydrogen-bond donors (Lipinski definition) is 2. The number of hydroxylamine groups is 2. The summed E-state index contributed by atoms with van der Waals surface area (Å²) in [4.78, 5) is 60.4. The first-order valence-corrected chi connectivity index (χ1v) is 14.4. The molecule has 3 heterocycles. The molecule has 0 bridgehead atoms. The van der Waals surface area contributed by atoms with Crippen molar-refractivity contribution in [2.24, 2.45) is 11.8 Å². The largest absolute Gasteiger partial charge is 0.429 e. The van der Waals surface area contributed by atoms with Gasteiger partial charge < -0.3 is 20.4 Å². The Morgan fingerprint density at radius 2 is 1.24 bits per heavy atom. The number of nitrogens with zero attached hydrogens (tertiary/aromatic N) is 3. The van der Waals surface area contributed by atoms with Crippen molar-refractivity contribution >= 4 is 35.2 Å². The van der Waals surface area contributed by atoms with Gasteiger partial charge in [0.05, 0.1) is 0 Å². The van der Waals surface area contributed by atoms with Crippen LogP contribution in [0, 0.1) is 23.5 Å². The minimum absolute atomic E-state index is 0.152. The number of nitrogens with one attached hydrogen (secondary N) is 2. The Bertz CT molecular complexity index is 1310. The molecular weight excluding hydrogens is 548 g/mol. The lowest BCUT2D eigenvalue weighted by molar-refractivity contribution is -0.147. The van der Waals surface area contributed by atoms with E-state index in [9.17, 15) is 28.0 Å². The second-order valence-electron chi connectivity index (χ2n) is 11.0. The number of carbonyl (C=O) groups excluding carboxylic acids is 4. The number of anilines is 2. The predicted octanol–water partition coefficient (Wildman–Crippen LogP) is 4.01. The molecule has 0 spiro atoms. The molecule has 3 saturated heterocycles. The average molecular weight is 584 g/mol. The molecule has 0 unspecified atom stereocenters. The number of benzene rings is 2. The Balaban J connectivity index is 1.06. The van der Waals surface area contributed by atoms with E-state index in [1.165, 1.54) is 46.4 Å². The molecule has 1 atom stereocenters. The highest BCUT2D eigenvalue weighted by molar-refractivity contribution is 5.93. The van der Waals surface area contributed by atoms with Crippen molar-refractivity contribution in [3.8, 4) is 0 Å². The normalized spacial score (nSPS) is 20.3. The molecule has 2 aromatic carbocycles. The van der Waals surface area contributed by atoms with Gasteiger partial charge in [-0.15, -0.1) is 5.06 Å². The summed E-state index contributed by atoms with van der Waals surface area (Å²) in [6, 6.07) is 10.8. The van der Waals surface area contributed by atoms with Crippen LogP contribution in [0.4, 0.5) is 25.0 Å². The van der Waals surface area contributed by atoms with Gasteiger partial charge in [-0.1, -0.05) is 12.1 Å². The summed E-state index contributed by atoms with van der Waals surface area (Å²) in [5, 5.41) is 7.00. The van der Waals surface area contributed by atoms with Gasteiger partial charge in [-0.2, -0.15) is 0 Å². The summed E-state index contributed by atoms with van der Waals surface area (Å²) in [6.45, 7) is 1.93. The molecule has 0 saturated carbocycles. The Kier molecular flexibility index (Phi) is 9.31. The van der Waals surface area contributed by atoms with E-state index in [-0.39, 0.29) is 29.6 Å². The van der Waals surface area contributed by atoms with Gasteiger partial charge in [0.25, 0.3) is 0 Å². The lowest BCUT2D eigenvalue weighted by Gasteiger charge is -2.35. The SMILES string of the molecule is O=C(Nc1cccc(F)c1)C1CCN(OC(=O)N2CCC[C@H]2C(=O)N2CCC(C(=O)Nc3cccc(F)c3)CC2)CC1. The van der Waals surface area contributed by atoms with Gasteiger partial charge in [0.15, 0.2) is 0 Å². The standard InChI is InChI=1S/C30H35F2N5O5/c31-22-4-1-6-24(18-22)33-27(38)20-9-14-35(15-10-20)29(40)26-8-3-13-37(26)30(41)42-36-16-11-21(12-17-36)28(39)34-25-7-2-5-23(32)19-25/h1-2,4-7,18-21,26H,3,8-17H2,(H,33,38)(H,34,39)/t26-/m0/s1. The molecule has 0 radical (unpaired) electrons. The minimum Gasteiger partial charge on any atom is -0.351 e. The summed E-state index contributed by atoms with van der Waals surface area (Å²) in [6.07, 6.45) is 2.53. The monoisotopic (exact) mass is 583 g/mol. The first kappa shape index (κ1) is 29.4. The zero-order chi connectivity index (χ0) is 29.6. The number of piperidine rings is 2. The van der Waals surface area contributed by atoms with Crippen LogP contribution in [0.3, 0.4) is 0 Å². The van der Waals surface area contributed by atoms with Crippen molar-refractivity contribution in [1.82, 2.24) is 14.9 Å². The maximum atomic E-state index is 13.4. The molecular formula is C30H35F2N5O5. The van der Waals surface area contributed by atoms with Gasteiger partial charge in [0.2, 0.25) is 17.7 Å². The van der Waals surface area contributed by atoms with Crippen molar-refractivity contribution in [2.75, 3.05) is 43.4 Å². The van der Waals surface area contributed by atoms with E-state index in [2.05, 4.69) is 10.6 Å². The Hall–Kier alpha value is -4.06. The van der Waals surface area contributed by atoms with Gasteiger partial charge >= 0.3 is 6.09 Å². The highest BCUT2D eigenvalue weighted by Gasteiger charge is 2.40. The van der Waals surface area contributed by atoms with Crippen LogP contribution < -0.4 is 10.6 Å². The number of hydrogen-bond acceptors (Lipinski definition) is 6. The van der Waals surface area contributed by atoms with Crippen LogP contribution in [0.25, 0.3) is 0 Å². The van der Waals surface area contributed by atoms with E-state index in [1.54, 1.807) is 17.0 Å². The molecule has 3 aliphatic heterocycles. The van der Waals surface area contributed by atoms with Crippen molar-refractivity contribution in [1.29, 1.82) is 0 Å². The molecule has 12 heteroatoms. The minimum atomic E-state index is -0.621. The van der Waals surface area contributed by atoms with Gasteiger partial charge in [0.1, 0.15) is 17.7 Å². The second-order valence-corrected chi connectivity index (χ2v) is 11.0. The smallest absolute Gasteiger partial charge is 0.351 e.